The Kier molecular flexibility index (Phi) is 6.36. The van der Waals surface area contributed by atoms with Crippen LogP contribution in [0, 0.1) is 0 Å². The molecule has 4 rings (SSSR count). The monoisotopic (exact) mass is 430 g/mol. The zero-order valence-electron chi connectivity index (χ0n) is 16.7. The van der Waals surface area contributed by atoms with E-state index in [0.29, 0.717) is 32.1 Å². The molecule has 1 atom stereocenters. The van der Waals surface area contributed by atoms with Crippen LogP contribution in [0.3, 0.4) is 0 Å². The maximum Gasteiger partial charge on any atom is 0.258 e. The summed E-state index contributed by atoms with van der Waals surface area (Å²) in [5.41, 5.74) is 2.46. The number of amides is 1. The molecule has 1 heterocycles. The number of hydrogen-bond acceptors (Lipinski definition) is 5. The molecule has 2 aliphatic rings. The van der Waals surface area contributed by atoms with Crippen LogP contribution in [-0.2, 0) is 26.0 Å². The average Bonchev–Trinajstić information content (AvgIpc) is 2.79. The number of nitrogens with zero attached hydrogens (tertiary/aromatic N) is 1. The Morgan fingerprint density at radius 3 is 2.60 bits per heavy atom. The molecule has 0 aromatic heterocycles. The summed E-state index contributed by atoms with van der Waals surface area (Å²) in [5.74, 6) is 0.261. The van der Waals surface area contributed by atoms with E-state index in [1.54, 1.807) is 12.1 Å². The van der Waals surface area contributed by atoms with Crippen molar-refractivity contribution in [3.05, 3.63) is 59.7 Å². The van der Waals surface area contributed by atoms with Gasteiger partial charge in [-0.3, -0.25) is 4.79 Å². The van der Waals surface area contributed by atoms with Gasteiger partial charge in [0.15, 0.2) is 6.61 Å². The number of sulfonamides is 1. The van der Waals surface area contributed by atoms with E-state index < -0.39 is 10.0 Å². The van der Waals surface area contributed by atoms with Gasteiger partial charge in [-0.25, -0.2) is 8.42 Å². The van der Waals surface area contributed by atoms with E-state index in [0.717, 1.165) is 19.3 Å². The van der Waals surface area contributed by atoms with Crippen LogP contribution in [0.15, 0.2) is 53.4 Å². The molecule has 0 radical (unpaired) electrons. The summed E-state index contributed by atoms with van der Waals surface area (Å²) in [7, 11) is -3.54. The Bertz CT molecular complexity index is 985. The molecule has 0 bridgehead atoms. The molecule has 8 heteroatoms. The van der Waals surface area contributed by atoms with E-state index >= 15 is 0 Å². The number of carbonyl (C=O) groups excluding carboxylic acids is 1. The Morgan fingerprint density at radius 1 is 1.10 bits per heavy atom. The summed E-state index contributed by atoms with van der Waals surface area (Å²) < 4.78 is 37.5. The topological polar surface area (TPSA) is 84.9 Å². The number of ether oxygens (including phenoxy) is 2. The summed E-state index contributed by atoms with van der Waals surface area (Å²) in [6.45, 7) is 1.40. The van der Waals surface area contributed by atoms with E-state index in [1.807, 2.05) is 12.1 Å². The van der Waals surface area contributed by atoms with Gasteiger partial charge >= 0.3 is 0 Å². The molecule has 160 valence electrons. The predicted molar refractivity (Wildman–Crippen MR) is 112 cm³/mol. The molecule has 1 saturated heterocycles. The normalized spacial score (nSPS) is 19.7. The van der Waals surface area contributed by atoms with Gasteiger partial charge in [0.2, 0.25) is 10.0 Å². The van der Waals surface area contributed by atoms with Gasteiger partial charge in [-0.15, -0.1) is 0 Å². The summed E-state index contributed by atoms with van der Waals surface area (Å²) >= 11 is 0. The largest absolute Gasteiger partial charge is 0.484 e. The lowest BCUT2D eigenvalue weighted by molar-refractivity contribution is -0.124. The Morgan fingerprint density at radius 2 is 1.83 bits per heavy atom. The van der Waals surface area contributed by atoms with Gasteiger partial charge in [0, 0.05) is 13.1 Å². The van der Waals surface area contributed by atoms with Gasteiger partial charge in [0.1, 0.15) is 5.75 Å². The lowest BCUT2D eigenvalue weighted by atomic mass is 9.88. The third-order valence-electron chi connectivity index (χ3n) is 5.51. The smallest absolute Gasteiger partial charge is 0.258 e. The third kappa shape index (κ3) is 4.66. The van der Waals surface area contributed by atoms with Crippen LogP contribution < -0.4 is 10.1 Å². The Hall–Kier alpha value is -2.42. The highest BCUT2D eigenvalue weighted by molar-refractivity contribution is 7.89. The SMILES string of the molecule is O=C(COc1ccc(S(=O)(=O)N2CCOCC2)cc1)N[C@@H]1CCCc2ccccc21. The number of carbonyl (C=O) groups is 1. The van der Waals surface area contributed by atoms with E-state index in [-0.39, 0.29) is 23.5 Å². The van der Waals surface area contributed by atoms with Crippen LogP contribution in [0.25, 0.3) is 0 Å². The lowest BCUT2D eigenvalue weighted by Gasteiger charge is -2.26. The van der Waals surface area contributed by atoms with Crippen molar-refractivity contribution in [2.45, 2.75) is 30.2 Å². The fraction of sp³-hybridized carbons (Fsp3) is 0.409. The van der Waals surface area contributed by atoms with Crippen molar-refractivity contribution in [1.29, 1.82) is 0 Å². The molecule has 30 heavy (non-hydrogen) atoms. The lowest BCUT2D eigenvalue weighted by Crippen LogP contribution is -2.40. The molecule has 0 unspecified atom stereocenters. The van der Waals surface area contributed by atoms with Crippen molar-refractivity contribution in [2.75, 3.05) is 32.9 Å². The first-order valence-corrected chi connectivity index (χ1v) is 11.7. The van der Waals surface area contributed by atoms with Crippen LogP contribution in [-0.4, -0.2) is 51.5 Å². The molecule has 0 saturated carbocycles. The van der Waals surface area contributed by atoms with Crippen LogP contribution in [0.4, 0.5) is 0 Å². The molecule has 1 aliphatic carbocycles. The molecule has 1 N–H and O–H groups in total. The van der Waals surface area contributed by atoms with Gasteiger partial charge in [-0.05, 0) is 54.7 Å². The molecular formula is C22H26N2O5S. The van der Waals surface area contributed by atoms with Crippen molar-refractivity contribution in [1.82, 2.24) is 9.62 Å². The fourth-order valence-corrected chi connectivity index (χ4v) is 5.34. The fourth-order valence-electron chi connectivity index (χ4n) is 3.93. The predicted octanol–water partition coefficient (Wildman–Crippen LogP) is 2.28. The highest BCUT2D eigenvalue weighted by Crippen LogP contribution is 2.29. The van der Waals surface area contributed by atoms with Crippen LogP contribution in [0.5, 0.6) is 5.75 Å². The number of rotatable bonds is 6. The van der Waals surface area contributed by atoms with Crippen molar-refractivity contribution < 1.29 is 22.7 Å². The summed E-state index contributed by atoms with van der Waals surface area (Å²) in [6, 6.07) is 14.4. The van der Waals surface area contributed by atoms with Crippen molar-refractivity contribution >= 4 is 15.9 Å². The summed E-state index contributed by atoms with van der Waals surface area (Å²) in [5, 5.41) is 3.05. The number of nitrogens with one attached hydrogen (secondary N) is 1. The maximum atomic E-state index is 12.7. The van der Waals surface area contributed by atoms with E-state index in [2.05, 4.69) is 17.4 Å². The van der Waals surface area contributed by atoms with Gasteiger partial charge in [-0.1, -0.05) is 24.3 Å². The van der Waals surface area contributed by atoms with Crippen LogP contribution >= 0.6 is 0 Å². The maximum absolute atomic E-state index is 12.7. The standard InChI is InChI=1S/C22H26N2O5S/c25-22(23-21-7-3-5-17-4-1-2-6-20(17)21)16-29-18-8-10-19(11-9-18)30(26,27)24-12-14-28-15-13-24/h1-2,4,6,8-11,21H,3,5,7,12-16H2,(H,23,25)/t21-/m1/s1. The number of morpholine rings is 1. The molecular weight excluding hydrogens is 404 g/mol. The number of hydrogen-bond donors (Lipinski definition) is 1. The Labute approximate surface area is 177 Å². The number of benzene rings is 2. The van der Waals surface area contributed by atoms with Crippen molar-refractivity contribution in [3.63, 3.8) is 0 Å². The number of fused-ring (bicyclic) bond motifs is 1. The average molecular weight is 431 g/mol. The first-order valence-electron chi connectivity index (χ1n) is 10.2. The second-order valence-electron chi connectivity index (χ2n) is 7.49. The van der Waals surface area contributed by atoms with Gasteiger partial charge in [-0.2, -0.15) is 4.31 Å². The van der Waals surface area contributed by atoms with E-state index in [4.69, 9.17) is 9.47 Å². The number of aryl methyl sites for hydroxylation is 1. The van der Waals surface area contributed by atoms with Gasteiger partial charge < -0.3 is 14.8 Å². The minimum atomic E-state index is -3.54. The minimum Gasteiger partial charge on any atom is -0.484 e. The second-order valence-corrected chi connectivity index (χ2v) is 9.43. The zero-order valence-corrected chi connectivity index (χ0v) is 17.6. The molecule has 7 nitrogen and oxygen atoms in total. The Balaban J connectivity index is 1.33. The molecule has 2 aromatic rings. The first-order chi connectivity index (χ1) is 14.5. The van der Waals surface area contributed by atoms with Crippen molar-refractivity contribution in [2.24, 2.45) is 0 Å². The summed E-state index contributed by atoms with van der Waals surface area (Å²) in [6.07, 6.45) is 3.00. The zero-order chi connectivity index (χ0) is 21.0. The van der Waals surface area contributed by atoms with E-state index in [1.165, 1.54) is 27.6 Å². The van der Waals surface area contributed by atoms with Gasteiger partial charge in [0.25, 0.3) is 5.91 Å². The highest BCUT2D eigenvalue weighted by atomic mass is 32.2. The molecule has 1 amide bonds. The molecule has 0 spiro atoms. The highest BCUT2D eigenvalue weighted by Gasteiger charge is 2.26. The van der Waals surface area contributed by atoms with Crippen molar-refractivity contribution in [3.8, 4) is 5.75 Å². The van der Waals surface area contributed by atoms with Crippen LogP contribution in [0.2, 0.25) is 0 Å². The molecule has 1 aliphatic heterocycles. The summed E-state index contributed by atoms with van der Waals surface area (Å²) in [4.78, 5) is 12.6. The first kappa shape index (κ1) is 20.8. The minimum absolute atomic E-state index is 0.00657. The molecule has 1 fully saturated rings. The van der Waals surface area contributed by atoms with Gasteiger partial charge in [0.05, 0.1) is 24.2 Å². The third-order valence-corrected chi connectivity index (χ3v) is 7.42. The van der Waals surface area contributed by atoms with E-state index in [9.17, 15) is 13.2 Å². The van der Waals surface area contributed by atoms with Crippen LogP contribution in [0.1, 0.15) is 30.0 Å². The second kappa shape index (κ2) is 9.16. The molecule has 2 aromatic carbocycles. The quantitative estimate of drug-likeness (QED) is 0.760.